The fourth-order valence-corrected chi connectivity index (χ4v) is 1.89. The van der Waals surface area contributed by atoms with Crippen LogP contribution in [0.1, 0.15) is 40.0 Å². The van der Waals surface area contributed by atoms with Crippen molar-refractivity contribution in [1.82, 2.24) is 0 Å². The van der Waals surface area contributed by atoms with Gasteiger partial charge in [-0.05, 0) is 13.3 Å². The van der Waals surface area contributed by atoms with Crippen molar-refractivity contribution in [3.8, 4) is 0 Å². The molecule has 0 amide bonds. The molecule has 0 aromatic carbocycles. The number of hydrogen-bond acceptors (Lipinski definition) is 1. The second-order valence-corrected chi connectivity index (χ2v) is 4.30. The van der Waals surface area contributed by atoms with Crippen molar-refractivity contribution in [2.24, 2.45) is 5.41 Å². The van der Waals surface area contributed by atoms with Crippen LogP contribution in [-0.2, 0) is 0 Å². The number of hydrogen-bond donors (Lipinski definition) is 1. The third-order valence-electron chi connectivity index (χ3n) is 2.84. The molecule has 1 aliphatic carbocycles. The van der Waals surface area contributed by atoms with Gasteiger partial charge in [0.15, 0.2) is 0 Å². The quantitative estimate of drug-likeness (QED) is 0.707. The number of aliphatic hydroxyl groups is 1. The summed E-state index contributed by atoms with van der Waals surface area (Å²) >= 11 is 0. The molecule has 0 aromatic heterocycles. The summed E-state index contributed by atoms with van der Waals surface area (Å²) < 4.78 is 0. The van der Waals surface area contributed by atoms with Crippen LogP contribution in [0.25, 0.3) is 0 Å². The lowest BCUT2D eigenvalue weighted by molar-refractivity contribution is 0.101. The van der Waals surface area contributed by atoms with Crippen LogP contribution in [0.15, 0.2) is 23.8 Å². The van der Waals surface area contributed by atoms with Gasteiger partial charge in [0.2, 0.25) is 0 Å². The van der Waals surface area contributed by atoms with E-state index in [-0.39, 0.29) is 11.5 Å². The number of unbranched alkanes of at least 4 members (excludes halogenated alkanes) is 1. The maximum Gasteiger partial charge on any atom is 0.0812 e. The van der Waals surface area contributed by atoms with Gasteiger partial charge in [0.1, 0.15) is 0 Å². The molecule has 1 heteroatoms. The van der Waals surface area contributed by atoms with Crippen LogP contribution in [0, 0.1) is 5.41 Å². The van der Waals surface area contributed by atoms with E-state index in [0.717, 1.165) is 6.42 Å². The zero-order valence-corrected chi connectivity index (χ0v) is 8.88. The van der Waals surface area contributed by atoms with Gasteiger partial charge in [0, 0.05) is 5.41 Å². The molecule has 74 valence electrons. The minimum Gasteiger partial charge on any atom is -0.388 e. The van der Waals surface area contributed by atoms with Crippen molar-refractivity contribution in [3.63, 3.8) is 0 Å². The Morgan fingerprint density at radius 3 is 2.85 bits per heavy atom. The van der Waals surface area contributed by atoms with Crippen molar-refractivity contribution in [2.45, 2.75) is 46.1 Å². The van der Waals surface area contributed by atoms with Crippen LogP contribution >= 0.6 is 0 Å². The Morgan fingerprint density at radius 1 is 1.54 bits per heavy atom. The van der Waals surface area contributed by atoms with Crippen LogP contribution in [0.5, 0.6) is 0 Å². The largest absolute Gasteiger partial charge is 0.388 e. The Labute approximate surface area is 81.2 Å². The molecule has 1 nitrogen and oxygen atoms in total. The summed E-state index contributed by atoms with van der Waals surface area (Å²) in [4.78, 5) is 0. The molecule has 0 spiro atoms. The Kier molecular flexibility index (Phi) is 3.32. The van der Waals surface area contributed by atoms with E-state index in [1.165, 1.54) is 18.4 Å². The molecule has 0 radical (unpaired) electrons. The smallest absolute Gasteiger partial charge is 0.0812 e. The van der Waals surface area contributed by atoms with Gasteiger partial charge < -0.3 is 5.11 Å². The second kappa shape index (κ2) is 4.10. The molecule has 0 saturated carbocycles. The molecule has 13 heavy (non-hydrogen) atoms. The fourth-order valence-electron chi connectivity index (χ4n) is 1.89. The monoisotopic (exact) mass is 180 g/mol. The summed E-state index contributed by atoms with van der Waals surface area (Å²) in [5.41, 5.74) is 1.23. The number of aliphatic hydroxyl groups excluding tert-OH is 1. The molecular weight excluding hydrogens is 160 g/mol. The molecule has 0 saturated heterocycles. The van der Waals surface area contributed by atoms with Crippen molar-refractivity contribution in [1.29, 1.82) is 0 Å². The molecule has 2 unspecified atom stereocenters. The summed E-state index contributed by atoms with van der Waals surface area (Å²) in [6, 6.07) is 0. The minimum absolute atomic E-state index is 0.0329. The molecule has 0 fully saturated rings. The first kappa shape index (κ1) is 10.5. The van der Waals surface area contributed by atoms with Crippen molar-refractivity contribution in [2.75, 3.05) is 0 Å². The maximum atomic E-state index is 9.84. The highest BCUT2D eigenvalue weighted by Crippen LogP contribution is 2.35. The zero-order chi connectivity index (χ0) is 9.90. The van der Waals surface area contributed by atoms with Crippen molar-refractivity contribution < 1.29 is 5.11 Å². The Morgan fingerprint density at radius 2 is 2.23 bits per heavy atom. The Hall–Kier alpha value is -0.560. The van der Waals surface area contributed by atoms with Crippen molar-refractivity contribution in [3.05, 3.63) is 23.8 Å². The van der Waals surface area contributed by atoms with Gasteiger partial charge >= 0.3 is 0 Å². The fraction of sp³-hybridized carbons (Fsp3) is 0.667. The first-order valence-electron chi connectivity index (χ1n) is 5.14. The normalized spacial score (nSPS) is 33.2. The Bertz CT molecular complexity index is 227. The Balaban J connectivity index is 2.70. The third-order valence-corrected chi connectivity index (χ3v) is 2.84. The van der Waals surface area contributed by atoms with Crippen LogP contribution in [0.2, 0.25) is 0 Å². The number of allylic oxidation sites excluding steroid dienone is 2. The minimum atomic E-state index is -0.303. The molecule has 1 rings (SSSR count). The van der Waals surface area contributed by atoms with Gasteiger partial charge in [-0.3, -0.25) is 0 Å². The SMILES string of the molecule is CCCCC1(C)C=C(C)C=CC1O. The lowest BCUT2D eigenvalue weighted by Crippen LogP contribution is -2.30. The van der Waals surface area contributed by atoms with Gasteiger partial charge in [-0.15, -0.1) is 0 Å². The van der Waals surface area contributed by atoms with Gasteiger partial charge in [0.25, 0.3) is 0 Å². The highest BCUT2D eigenvalue weighted by atomic mass is 16.3. The predicted octanol–water partition coefficient (Wildman–Crippen LogP) is 3.06. The highest BCUT2D eigenvalue weighted by Gasteiger charge is 2.30. The van der Waals surface area contributed by atoms with E-state index in [4.69, 9.17) is 0 Å². The summed E-state index contributed by atoms with van der Waals surface area (Å²) in [5, 5.41) is 9.84. The summed E-state index contributed by atoms with van der Waals surface area (Å²) in [7, 11) is 0. The van der Waals surface area contributed by atoms with Crippen LogP contribution in [0.4, 0.5) is 0 Å². The molecule has 0 aliphatic heterocycles. The average Bonchev–Trinajstić information content (AvgIpc) is 2.09. The lowest BCUT2D eigenvalue weighted by atomic mass is 9.75. The van der Waals surface area contributed by atoms with E-state index in [0.29, 0.717) is 0 Å². The molecule has 0 heterocycles. The molecule has 1 aliphatic rings. The van der Waals surface area contributed by atoms with Gasteiger partial charge in [-0.25, -0.2) is 0 Å². The van der Waals surface area contributed by atoms with Crippen LogP contribution in [0.3, 0.4) is 0 Å². The van der Waals surface area contributed by atoms with Crippen LogP contribution < -0.4 is 0 Å². The van der Waals surface area contributed by atoms with E-state index in [1.54, 1.807) is 0 Å². The second-order valence-electron chi connectivity index (χ2n) is 4.30. The summed E-state index contributed by atoms with van der Waals surface area (Å²) in [5.74, 6) is 0. The first-order chi connectivity index (χ1) is 6.08. The van der Waals surface area contributed by atoms with E-state index in [9.17, 15) is 5.11 Å². The highest BCUT2D eigenvalue weighted by molar-refractivity contribution is 5.27. The molecular formula is C12H20O. The zero-order valence-electron chi connectivity index (χ0n) is 8.88. The molecule has 2 atom stereocenters. The standard InChI is InChI=1S/C12H20O/c1-4-5-8-12(3)9-10(2)6-7-11(12)13/h6-7,9,11,13H,4-5,8H2,1-3H3. The van der Waals surface area contributed by atoms with Crippen molar-refractivity contribution >= 4 is 0 Å². The van der Waals surface area contributed by atoms with Gasteiger partial charge in [0.05, 0.1) is 6.10 Å². The molecule has 1 N–H and O–H groups in total. The number of rotatable bonds is 3. The summed E-state index contributed by atoms with van der Waals surface area (Å²) in [6.07, 6.45) is 9.26. The maximum absolute atomic E-state index is 9.84. The van der Waals surface area contributed by atoms with Gasteiger partial charge in [-0.1, -0.05) is 50.5 Å². The first-order valence-corrected chi connectivity index (χ1v) is 5.14. The van der Waals surface area contributed by atoms with E-state index in [2.05, 4.69) is 26.8 Å². The average molecular weight is 180 g/mol. The van der Waals surface area contributed by atoms with E-state index in [1.807, 2.05) is 12.2 Å². The van der Waals surface area contributed by atoms with E-state index < -0.39 is 0 Å². The predicted molar refractivity (Wildman–Crippen MR) is 56.5 cm³/mol. The summed E-state index contributed by atoms with van der Waals surface area (Å²) in [6.45, 7) is 6.41. The topological polar surface area (TPSA) is 20.2 Å². The third kappa shape index (κ3) is 2.44. The molecule has 0 bridgehead atoms. The van der Waals surface area contributed by atoms with Crippen LogP contribution in [-0.4, -0.2) is 11.2 Å². The van der Waals surface area contributed by atoms with E-state index >= 15 is 0 Å². The lowest BCUT2D eigenvalue weighted by Gasteiger charge is -2.33. The van der Waals surface area contributed by atoms with Gasteiger partial charge in [-0.2, -0.15) is 0 Å². The molecule has 0 aromatic rings.